The Morgan fingerprint density at radius 2 is 1.93 bits per heavy atom. The van der Waals surface area contributed by atoms with Gasteiger partial charge in [-0.15, -0.1) is 0 Å². The Kier molecular flexibility index (Phi) is 2.71. The second kappa shape index (κ2) is 3.49. The van der Waals surface area contributed by atoms with E-state index in [1.54, 1.807) is 0 Å². The van der Waals surface area contributed by atoms with Crippen molar-refractivity contribution in [2.45, 2.75) is 6.18 Å². The number of aldehydes is 1. The molecule has 0 aromatic heterocycles. The maximum Gasteiger partial charge on any atom is 0.418 e. The molecule has 1 aromatic rings. The van der Waals surface area contributed by atoms with Crippen molar-refractivity contribution in [2.75, 3.05) is 5.73 Å². The Bertz CT molecular complexity index is 376. The molecule has 76 valence electrons. The normalized spacial score (nSPS) is 11.4. The predicted molar refractivity (Wildman–Crippen MR) is 46.3 cm³/mol. The highest BCUT2D eigenvalue weighted by Gasteiger charge is 2.36. The molecule has 0 aliphatic rings. The molecule has 0 heterocycles. The molecule has 1 aromatic carbocycles. The van der Waals surface area contributed by atoms with Crippen LogP contribution in [0.2, 0.25) is 5.02 Å². The number of nitrogen functional groups attached to an aromatic ring is 1. The molecular weight excluding hydrogens is 219 g/mol. The number of hydrogen-bond donors (Lipinski definition) is 1. The van der Waals surface area contributed by atoms with Crippen molar-refractivity contribution in [1.82, 2.24) is 0 Å². The van der Waals surface area contributed by atoms with Crippen molar-refractivity contribution >= 4 is 23.6 Å². The Labute approximate surface area is 82.5 Å². The highest BCUT2D eigenvalue weighted by molar-refractivity contribution is 6.32. The molecule has 0 radical (unpaired) electrons. The number of halogens is 4. The van der Waals surface area contributed by atoms with Crippen LogP contribution in [-0.2, 0) is 6.18 Å². The largest absolute Gasteiger partial charge is 0.418 e. The van der Waals surface area contributed by atoms with Crippen molar-refractivity contribution in [3.05, 3.63) is 28.3 Å². The van der Waals surface area contributed by atoms with Crippen LogP contribution < -0.4 is 5.73 Å². The monoisotopic (exact) mass is 223 g/mol. The zero-order chi connectivity index (χ0) is 10.9. The quantitative estimate of drug-likeness (QED) is 0.588. The lowest BCUT2D eigenvalue weighted by Crippen LogP contribution is -2.10. The fraction of sp³-hybridized carbons (Fsp3) is 0.125. The van der Waals surface area contributed by atoms with Gasteiger partial charge in [-0.05, 0) is 12.1 Å². The fourth-order valence-electron chi connectivity index (χ4n) is 1.04. The maximum absolute atomic E-state index is 12.3. The SMILES string of the molecule is Nc1cc(Cl)c(C(F)(F)F)c(C=O)c1. The van der Waals surface area contributed by atoms with Gasteiger partial charge in [-0.1, -0.05) is 11.6 Å². The molecule has 0 aliphatic carbocycles. The third kappa shape index (κ3) is 1.98. The van der Waals surface area contributed by atoms with Gasteiger partial charge in [-0.25, -0.2) is 0 Å². The van der Waals surface area contributed by atoms with E-state index in [0.29, 0.717) is 0 Å². The average molecular weight is 224 g/mol. The topological polar surface area (TPSA) is 43.1 Å². The maximum atomic E-state index is 12.3. The lowest BCUT2D eigenvalue weighted by Gasteiger charge is -2.11. The minimum absolute atomic E-state index is 0.0186. The summed E-state index contributed by atoms with van der Waals surface area (Å²) in [4.78, 5) is 10.4. The van der Waals surface area contributed by atoms with Gasteiger partial charge >= 0.3 is 6.18 Å². The average Bonchev–Trinajstić information content (AvgIpc) is 1.99. The fourth-order valence-corrected chi connectivity index (χ4v) is 1.38. The van der Waals surface area contributed by atoms with Crippen LogP contribution in [-0.4, -0.2) is 6.29 Å². The first kappa shape index (κ1) is 10.8. The van der Waals surface area contributed by atoms with Crippen molar-refractivity contribution in [1.29, 1.82) is 0 Å². The summed E-state index contributed by atoms with van der Waals surface area (Å²) in [6, 6.07) is 1.89. The third-order valence-corrected chi connectivity index (χ3v) is 1.85. The van der Waals surface area contributed by atoms with E-state index in [1.807, 2.05) is 0 Å². The Morgan fingerprint density at radius 3 is 2.36 bits per heavy atom. The molecule has 1 rings (SSSR count). The van der Waals surface area contributed by atoms with E-state index in [2.05, 4.69) is 0 Å². The smallest absolute Gasteiger partial charge is 0.399 e. The molecule has 0 spiro atoms. The third-order valence-electron chi connectivity index (χ3n) is 1.55. The number of carbonyl (C=O) groups excluding carboxylic acids is 1. The lowest BCUT2D eigenvalue weighted by molar-refractivity contribution is -0.137. The van der Waals surface area contributed by atoms with Gasteiger partial charge in [0.1, 0.15) is 0 Å². The first-order chi connectivity index (χ1) is 6.36. The zero-order valence-electron chi connectivity index (χ0n) is 6.73. The van der Waals surface area contributed by atoms with Crippen LogP contribution in [0.25, 0.3) is 0 Å². The first-order valence-corrected chi connectivity index (χ1v) is 3.85. The Morgan fingerprint density at radius 1 is 1.36 bits per heavy atom. The van der Waals surface area contributed by atoms with E-state index in [9.17, 15) is 18.0 Å². The van der Waals surface area contributed by atoms with Crippen molar-refractivity contribution < 1.29 is 18.0 Å². The molecule has 0 fully saturated rings. The van der Waals surface area contributed by atoms with E-state index >= 15 is 0 Å². The van der Waals surface area contributed by atoms with Crippen LogP contribution in [0.3, 0.4) is 0 Å². The summed E-state index contributed by atoms with van der Waals surface area (Å²) in [5.74, 6) is 0. The molecular formula is C8H5ClF3NO. The van der Waals surface area contributed by atoms with Gasteiger partial charge in [0.15, 0.2) is 6.29 Å². The molecule has 0 amide bonds. The van der Waals surface area contributed by atoms with Crippen LogP contribution in [0, 0.1) is 0 Å². The van der Waals surface area contributed by atoms with Gasteiger partial charge in [0.25, 0.3) is 0 Å². The summed E-state index contributed by atoms with van der Waals surface area (Å²) >= 11 is 5.34. The number of nitrogens with two attached hydrogens (primary N) is 1. The van der Waals surface area contributed by atoms with Crippen LogP contribution in [0.15, 0.2) is 12.1 Å². The Hall–Kier alpha value is -1.23. The van der Waals surface area contributed by atoms with E-state index < -0.39 is 22.3 Å². The molecule has 2 nitrogen and oxygen atoms in total. The molecule has 0 atom stereocenters. The number of carbonyl (C=O) groups is 1. The van der Waals surface area contributed by atoms with Gasteiger partial charge in [0, 0.05) is 11.3 Å². The predicted octanol–water partition coefficient (Wildman–Crippen LogP) is 2.75. The van der Waals surface area contributed by atoms with Crippen molar-refractivity contribution in [2.24, 2.45) is 0 Å². The minimum atomic E-state index is -4.65. The van der Waals surface area contributed by atoms with Crippen LogP contribution in [0.5, 0.6) is 0 Å². The van der Waals surface area contributed by atoms with E-state index in [1.165, 1.54) is 0 Å². The summed E-state index contributed by atoms with van der Waals surface area (Å²) < 4.78 is 37.0. The van der Waals surface area contributed by atoms with E-state index in [4.69, 9.17) is 17.3 Å². The number of benzene rings is 1. The standard InChI is InChI=1S/C8H5ClF3NO/c9-6-2-5(13)1-4(3-14)7(6)8(10,11)12/h1-3H,13H2. The zero-order valence-corrected chi connectivity index (χ0v) is 7.49. The minimum Gasteiger partial charge on any atom is -0.399 e. The number of rotatable bonds is 1. The molecule has 0 bridgehead atoms. The highest BCUT2D eigenvalue weighted by Crippen LogP contribution is 2.37. The first-order valence-electron chi connectivity index (χ1n) is 3.47. The molecule has 0 saturated heterocycles. The molecule has 0 saturated carbocycles. The second-order valence-electron chi connectivity index (χ2n) is 2.58. The summed E-state index contributed by atoms with van der Waals surface area (Å²) in [6.45, 7) is 0. The number of alkyl halides is 3. The summed E-state index contributed by atoms with van der Waals surface area (Å²) in [5.41, 5.74) is 3.55. The molecule has 0 unspecified atom stereocenters. The van der Waals surface area contributed by atoms with Gasteiger partial charge in [-0.2, -0.15) is 13.2 Å². The summed E-state index contributed by atoms with van der Waals surface area (Å²) in [6.07, 6.45) is -4.58. The number of hydrogen-bond acceptors (Lipinski definition) is 2. The van der Waals surface area contributed by atoms with Gasteiger partial charge in [-0.3, -0.25) is 4.79 Å². The van der Waals surface area contributed by atoms with Crippen LogP contribution in [0.1, 0.15) is 15.9 Å². The molecule has 0 aliphatic heterocycles. The van der Waals surface area contributed by atoms with Crippen molar-refractivity contribution in [3.8, 4) is 0 Å². The van der Waals surface area contributed by atoms with Gasteiger partial charge in [0.2, 0.25) is 0 Å². The van der Waals surface area contributed by atoms with E-state index in [0.717, 1.165) is 12.1 Å². The van der Waals surface area contributed by atoms with Gasteiger partial charge in [0.05, 0.1) is 10.6 Å². The van der Waals surface area contributed by atoms with Crippen LogP contribution >= 0.6 is 11.6 Å². The highest BCUT2D eigenvalue weighted by atomic mass is 35.5. The summed E-state index contributed by atoms with van der Waals surface area (Å²) in [7, 11) is 0. The van der Waals surface area contributed by atoms with Crippen LogP contribution in [0.4, 0.5) is 18.9 Å². The number of anilines is 1. The second-order valence-corrected chi connectivity index (χ2v) is 2.99. The lowest BCUT2D eigenvalue weighted by atomic mass is 10.1. The molecule has 2 N–H and O–H groups in total. The Balaban J connectivity index is 3.48. The van der Waals surface area contributed by atoms with Crippen molar-refractivity contribution in [3.63, 3.8) is 0 Å². The van der Waals surface area contributed by atoms with Gasteiger partial charge < -0.3 is 5.73 Å². The summed E-state index contributed by atoms with van der Waals surface area (Å²) in [5, 5.41) is -0.570. The van der Waals surface area contributed by atoms with E-state index in [-0.39, 0.29) is 12.0 Å². The molecule has 14 heavy (non-hydrogen) atoms. The molecule has 6 heteroatoms.